The molecule has 2 aromatic heterocycles. The summed E-state index contributed by atoms with van der Waals surface area (Å²) in [5.41, 5.74) is 3.58. The number of thiazole rings is 1. The van der Waals surface area contributed by atoms with Gasteiger partial charge in [0.25, 0.3) is 0 Å². The van der Waals surface area contributed by atoms with Gasteiger partial charge in [0, 0.05) is 22.5 Å². The van der Waals surface area contributed by atoms with Crippen molar-refractivity contribution in [2.45, 2.75) is 32.4 Å². The monoisotopic (exact) mass is 468 g/mol. The molecule has 0 amide bonds. The first-order chi connectivity index (χ1) is 14.1. The quantitative estimate of drug-likeness (QED) is 0.328. The van der Waals surface area contributed by atoms with Crippen LogP contribution in [0.25, 0.3) is 22.2 Å². The number of aryl methyl sites for hydroxylation is 1. The van der Waals surface area contributed by atoms with Crippen LogP contribution < -0.4 is 4.74 Å². The molecule has 1 saturated carbocycles. The SMILES string of the molecule is Cc1ccc2c(c1)cc1n2C(c2cnc(CC3CC3)s2)Oc2cc(Br)cc(F)c2-1. The molecule has 6 heteroatoms. The predicted octanol–water partition coefficient (Wildman–Crippen LogP) is 6.87. The number of benzene rings is 2. The Balaban J connectivity index is 1.56. The normalized spacial score (nSPS) is 17.8. The van der Waals surface area contributed by atoms with Crippen LogP contribution in [0.1, 0.15) is 34.5 Å². The molecule has 0 saturated heterocycles. The van der Waals surface area contributed by atoms with Gasteiger partial charge in [-0.1, -0.05) is 27.6 Å². The zero-order chi connectivity index (χ0) is 19.7. The summed E-state index contributed by atoms with van der Waals surface area (Å²) in [6, 6.07) is 11.7. The third-order valence-corrected chi connectivity index (χ3v) is 7.23. The van der Waals surface area contributed by atoms with Crippen LogP contribution in [0, 0.1) is 18.7 Å². The summed E-state index contributed by atoms with van der Waals surface area (Å²) in [5, 5.41) is 2.25. The molecule has 1 unspecified atom stereocenters. The second-order valence-electron chi connectivity index (χ2n) is 8.00. The van der Waals surface area contributed by atoms with Crippen LogP contribution >= 0.6 is 27.3 Å². The number of aromatic nitrogens is 2. The van der Waals surface area contributed by atoms with E-state index in [4.69, 9.17) is 4.74 Å². The van der Waals surface area contributed by atoms with Gasteiger partial charge in [-0.05, 0) is 56.0 Å². The Hall–Kier alpha value is -2.18. The maximum atomic E-state index is 15.0. The number of halogens is 2. The van der Waals surface area contributed by atoms with Crippen molar-refractivity contribution >= 4 is 38.2 Å². The van der Waals surface area contributed by atoms with E-state index in [1.165, 1.54) is 24.5 Å². The van der Waals surface area contributed by atoms with E-state index in [0.717, 1.165) is 38.8 Å². The molecular weight excluding hydrogens is 451 g/mol. The van der Waals surface area contributed by atoms with Crippen LogP contribution in [0.5, 0.6) is 5.75 Å². The topological polar surface area (TPSA) is 27.1 Å². The highest BCUT2D eigenvalue weighted by Crippen LogP contribution is 2.47. The average Bonchev–Trinajstić information content (AvgIpc) is 3.22. The van der Waals surface area contributed by atoms with E-state index in [-0.39, 0.29) is 12.0 Å². The Morgan fingerprint density at radius 3 is 2.93 bits per heavy atom. The first kappa shape index (κ1) is 17.7. The second-order valence-corrected chi connectivity index (χ2v) is 10.1. The maximum Gasteiger partial charge on any atom is 0.213 e. The third-order valence-electron chi connectivity index (χ3n) is 5.72. The third kappa shape index (κ3) is 2.92. The molecule has 2 aliphatic rings. The highest BCUT2D eigenvalue weighted by molar-refractivity contribution is 9.10. The minimum atomic E-state index is -0.350. The van der Waals surface area contributed by atoms with E-state index >= 15 is 0 Å². The molecule has 146 valence electrons. The molecule has 0 N–H and O–H groups in total. The van der Waals surface area contributed by atoms with Gasteiger partial charge in [-0.2, -0.15) is 0 Å². The van der Waals surface area contributed by atoms with Crippen LogP contribution in [0.3, 0.4) is 0 Å². The van der Waals surface area contributed by atoms with Gasteiger partial charge in [-0.25, -0.2) is 9.37 Å². The fraction of sp³-hybridized carbons (Fsp3) is 0.261. The number of hydrogen-bond acceptors (Lipinski definition) is 3. The maximum absolute atomic E-state index is 15.0. The number of fused-ring (bicyclic) bond motifs is 5. The van der Waals surface area contributed by atoms with Gasteiger partial charge in [0.15, 0.2) is 0 Å². The highest BCUT2D eigenvalue weighted by Gasteiger charge is 2.33. The molecule has 0 spiro atoms. The van der Waals surface area contributed by atoms with Crippen molar-refractivity contribution < 1.29 is 9.13 Å². The van der Waals surface area contributed by atoms with Crippen molar-refractivity contribution in [3.05, 3.63) is 68.3 Å². The lowest BCUT2D eigenvalue weighted by molar-refractivity contribution is 0.175. The molecule has 0 radical (unpaired) electrons. The lowest BCUT2D eigenvalue weighted by Gasteiger charge is -2.29. The molecule has 1 fully saturated rings. The number of rotatable bonds is 3. The highest BCUT2D eigenvalue weighted by atomic mass is 79.9. The van der Waals surface area contributed by atoms with Crippen LogP contribution in [-0.2, 0) is 6.42 Å². The summed E-state index contributed by atoms with van der Waals surface area (Å²) in [7, 11) is 0. The Bertz CT molecular complexity index is 1270. The Labute approximate surface area is 180 Å². The van der Waals surface area contributed by atoms with Crippen molar-refractivity contribution in [3.8, 4) is 17.0 Å². The van der Waals surface area contributed by atoms with Crippen molar-refractivity contribution in [2.24, 2.45) is 5.92 Å². The van der Waals surface area contributed by atoms with Gasteiger partial charge in [0.1, 0.15) is 11.6 Å². The smallest absolute Gasteiger partial charge is 0.213 e. The van der Waals surface area contributed by atoms with E-state index in [1.807, 2.05) is 12.3 Å². The van der Waals surface area contributed by atoms with Crippen molar-refractivity contribution in [3.63, 3.8) is 0 Å². The molecule has 3 heterocycles. The minimum Gasteiger partial charge on any atom is -0.464 e. The van der Waals surface area contributed by atoms with Crippen LogP contribution in [-0.4, -0.2) is 9.55 Å². The number of nitrogens with zero attached hydrogens (tertiary/aromatic N) is 2. The molecule has 6 rings (SSSR count). The van der Waals surface area contributed by atoms with Gasteiger partial charge >= 0.3 is 0 Å². The molecule has 4 aromatic rings. The van der Waals surface area contributed by atoms with Crippen LogP contribution in [0.2, 0.25) is 0 Å². The zero-order valence-electron chi connectivity index (χ0n) is 15.8. The molecule has 0 bridgehead atoms. The van der Waals surface area contributed by atoms with E-state index in [2.05, 4.69) is 56.7 Å². The zero-order valence-corrected chi connectivity index (χ0v) is 18.2. The molecular formula is C23H18BrFN2OS. The Kier molecular flexibility index (Phi) is 3.90. The fourth-order valence-electron chi connectivity index (χ4n) is 4.15. The van der Waals surface area contributed by atoms with Gasteiger partial charge in [-0.15, -0.1) is 11.3 Å². The van der Waals surface area contributed by atoms with Crippen LogP contribution in [0.15, 0.2) is 47.1 Å². The first-order valence-electron chi connectivity index (χ1n) is 9.79. The summed E-state index contributed by atoms with van der Waals surface area (Å²) in [6.07, 6.45) is 5.24. The van der Waals surface area contributed by atoms with Gasteiger partial charge < -0.3 is 4.74 Å². The molecule has 2 aromatic carbocycles. The minimum absolute atomic E-state index is 0.285. The summed E-state index contributed by atoms with van der Waals surface area (Å²) in [4.78, 5) is 5.70. The molecule has 1 atom stereocenters. The van der Waals surface area contributed by atoms with E-state index in [9.17, 15) is 4.39 Å². The fourth-order valence-corrected chi connectivity index (χ4v) is 5.62. The molecule has 29 heavy (non-hydrogen) atoms. The molecule has 1 aliphatic heterocycles. The van der Waals surface area contributed by atoms with E-state index in [1.54, 1.807) is 11.3 Å². The largest absolute Gasteiger partial charge is 0.464 e. The second kappa shape index (κ2) is 6.41. The lowest BCUT2D eigenvalue weighted by Crippen LogP contribution is -2.22. The Morgan fingerprint density at radius 2 is 2.10 bits per heavy atom. The van der Waals surface area contributed by atoms with E-state index < -0.39 is 0 Å². The first-order valence-corrected chi connectivity index (χ1v) is 11.4. The van der Waals surface area contributed by atoms with E-state index in [0.29, 0.717) is 15.8 Å². The predicted molar refractivity (Wildman–Crippen MR) is 117 cm³/mol. The van der Waals surface area contributed by atoms with Gasteiger partial charge in [-0.3, -0.25) is 4.57 Å². The average molecular weight is 469 g/mol. The Morgan fingerprint density at radius 1 is 1.24 bits per heavy atom. The summed E-state index contributed by atoms with van der Waals surface area (Å²) in [5.74, 6) is 1.07. The van der Waals surface area contributed by atoms with Gasteiger partial charge in [0.2, 0.25) is 6.23 Å². The van der Waals surface area contributed by atoms with Crippen LogP contribution in [0.4, 0.5) is 4.39 Å². The summed E-state index contributed by atoms with van der Waals surface area (Å²) in [6.45, 7) is 2.07. The van der Waals surface area contributed by atoms with Gasteiger partial charge in [0.05, 0.1) is 26.7 Å². The number of hydrogen-bond donors (Lipinski definition) is 0. The standard InChI is InChI=1S/C23H18BrFN2OS/c1-12-2-5-17-14(6-12)8-18-22-16(25)9-15(24)10-19(22)28-23(27(17)18)20-11-26-21(29-20)7-13-3-4-13/h2,5-6,8-11,13,23H,3-4,7H2,1H3. The molecule has 1 aliphatic carbocycles. The molecule has 3 nitrogen and oxygen atoms in total. The summed E-state index contributed by atoms with van der Waals surface area (Å²) < 4.78 is 24.2. The number of ether oxygens (including phenoxy) is 1. The summed E-state index contributed by atoms with van der Waals surface area (Å²) >= 11 is 5.11. The van der Waals surface area contributed by atoms with Crippen molar-refractivity contribution in [1.29, 1.82) is 0 Å². The lowest BCUT2D eigenvalue weighted by atomic mass is 10.1. The van der Waals surface area contributed by atoms with Crippen molar-refractivity contribution in [2.75, 3.05) is 0 Å². The van der Waals surface area contributed by atoms with Crippen molar-refractivity contribution in [1.82, 2.24) is 9.55 Å².